The van der Waals surface area contributed by atoms with E-state index in [1.807, 2.05) is 0 Å². The van der Waals surface area contributed by atoms with Gasteiger partial charge in [0.05, 0.1) is 11.4 Å². The first kappa shape index (κ1) is 15.0. The van der Waals surface area contributed by atoms with Gasteiger partial charge in [-0.3, -0.25) is 4.40 Å². The lowest BCUT2D eigenvalue weighted by Crippen LogP contribution is -2.36. The summed E-state index contributed by atoms with van der Waals surface area (Å²) in [5.41, 5.74) is 3.83. The van der Waals surface area contributed by atoms with Crippen molar-refractivity contribution in [3.63, 3.8) is 0 Å². The Morgan fingerprint density at radius 2 is 2.10 bits per heavy atom. The Kier molecular flexibility index (Phi) is 4.65. The van der Waals surface area contributed by atoms with Gasteiger partial charge in [0.25, 0.3) is 0 Å². The van der Waals surface area contributed by atoms with Gasteiger partial charge in [-0.25, -0.2) is 4.98 Å². The number of nitrogens with one attached hydrogen (secondary N) is 1. The number of fused-ring (bicyclic) bond motifs is 1. The lowest BCUT2D eigenvalue weighted by Gasteiger charge is -2.30. The average molecular weight is 305 g/mol. The predicted molar refractivity (Wildman–Crippen MR) is 90.0 cm³/mol. The second kappa shape index (κ2) is 6.49. The summed E-state index contributed by atoms with van der Waals surface area (Å²) in [6.45, 7) is 7.57. The Hall–Kier alpha value is -0.870. The van der Waals surface area contributed by atoms with Gasteiger partial charge in [0, 0.05) is 23.7 Å². The molecule has 0 spiro atoms. The smallest absolute Gasteiger partial charge is 0.194 e. The zero-order valence-corrected chi connectivity index (χ0v) is 14.3. The van der Waals surface area contributed by atoms with Gasteiger partial charge in [0.1, 0.15) is 0 Å². The largest absolute Gasteiger partial charge is 0.308 e. The molecule has 2 heterocycles. The fourth-order valence-electron chi connectivity index (χ4n) is 3.78. The van der Waals surface area contributed by atoms with E-state index < -0.39 is 0 Å². The number of thiazole rings is 1. The van der Waals surface area contributed by atoms with E-state index in [1.165, 1.54) is 55.6 Å². The molecule has 0 bridgehead atoms. The number of hydrogen-bond donors (Lipinski definition) is 1. The number of rotatable bonds is 5. The molecule has 0 radical (unpaired) electrons. The van der Waals surface area contributed by atoms with Crippen molar-refractivity contribution in [1.29, 1.82) is 0 Å². The molecule has 2 aromatic rings. The van der Waals surface area contributed by atoms with E-state index in [1.54, 1.807) is 11.3 Å². The zero-order chi connectivity index (χ0) is 14.8. The molecule has 4 heteroatoms. The number of aromatic nitrogens is 2. The second-order valence-corrected chi connectivity index (χ2v) is 7.27. The standard InChI is InChI=1S/C17H27N3S/c1-4-15(14-8-6-5-7-9-14)18-10-16-13(3)19-17-20(16)12(2)11-21-17/h11,14-15,18H,4-10H2,1-3H3. The van der Waals surface area contributed by atoms with Gasteiger partial charge in [-0.1, -0.05) is 26.2 Å². The highest BCUT2D eigenvalue weighted by molar-refractivity contribution is 7.15. The van der Waals surface area contributed by atoms with Crippen LogP contribution in [0.4, 0.5) is 0 Å². The van der Waals surface area contributed by atoms with Crippen LogP contribution in [0.15, 0.2) is 5.38 Å². The van der Waals surface area contributed by atoms with Crippen molar-refractivity contribution in [1.82, 2.24) is 14.7 Å². The first-order valence-electron chi connectivity index (χ1n) is 8.36. The van der Waals surface area contributed by atoms with Gasteiger partial charge >= 0.3 is 0 Å². The third-order valence-corrected chi connectivity index (χ3v) is 5.96. The first-order valence-corrected chi connectivity index (χ1v) is 9.24. The molecule has 1 fully saturated rings. The Morgan fingerprint density at radius 1 is 1.33 bits per heavy atom. The number of aryl methyl sites for hydroxylation is 2. The quantitative estimate of drug-likeness (QED) is 0.883. The highest BCUT2D eigenvalue weighted by Crippen LogP contribution is 2.28. The minimum Gasteiger partial charge on any atom is -0.308 e. The Bertz CT molecular complexity index is 592. The molecule has 1 N–H and O–H groups in total. The molecule has 0 aliphatic heterocycles. The van der Waals surface area contributed by atoms with E-state index in [2.05, 4.69) is 35.9 Å². The minimum absolute atomic E-state index is 0.661. The highest BCUT2D eigenvalue weighted by atomic mass is 32.1. The van der Waals surface area contributed by atoms with Gasteiger partial charge in [0.2, 0.25) is 0 Å². The first-order chi connectivity index (χ1) is 10.2. The predicted octanol–water partition coefficient (Wildman–Crippen LogP) is 4.46. The van der Waals surface area contributed by atoms with Crippen LogP contribution >= 0.6 is 11.3 Å². The monoisotopic (exact) mass is 305 g/mol. The lowest BCUT2D eigenvalue weighted by atomic mass is 9.83. The molecule has 3 nitrogen and oxygen atoms in total. The summed E-state index contributed by atoms with van der Waals surface area (Å²) in [5, 5.41) is 6.03. The zero-order valence-electron chi connectivity index (χ0n) is 13.5. The van der Waals surface area contributed by atoms with Crippen molar-refractivity contribution < 1.29 is 0 Å². The summed E-state index contributed by atoms with van der Waals surface area (Å²) >= 11 is 1.74. The van der Waals surface area contributed by atoms with E-state index in [-0.39, 0.29) is 0 Å². The van der Waals surface area contributed by atoms with Gasteiger partial charge in [-0.15, -0.1) is 11.3 Å². The summed E-state index contributed by atoms with van der Waals surface area (Å²) in [6, 6.07) is 0.661. The number of nitrogens with zero attached hydrogens (tertiary/aromatic N) is 2. The second-order valence-electron chi connectivity index (χ2n) is 6.43. The molecule has 1 aliphatic carbocycles. The molecule has 1 aliphatic rings. The maximum absolute atomic E-state index is 4.69. The summed E-state index contributed by atoms with van der Waals surface area (Å²) in [6.07, 6.45) is 8.32. The van der Waals surface area contributed by atoms with Crippen LogP contribution in [0.25, 0.3) is 4.96 Å². The van der Waals surface area contributed by atoms with E-state index in [0.29, 0.717) is 6.04 Å². The molecule has 1 atom stereocenters. The van der Waals surface area contributed by atoms with Crippen molar-refractivity contribution in [3.8, 4) is 0 Å². The molecule has 1 saturated carbocycles. The van der Waals surface area contributed by atoms with Crippen molar-refractivity contribution >= 4 is 16.3 Å². The molecular formula is C17H27N3S. The van der Waals surface area contributed by atoms with Gasteiger partial charge in [-0.05, 0) is 39.0 Å². The molecule has 3 rings (SSSR count). The molecule has 0 amide bonds. The number of imidazole rings is 1. The van der Waals surface area contributed by atoms with Crippen LogP contribution in [0.3, 0.4) is 0 Å². The maximum Gasteiger partial charge on any atom is 0.194 e. The fourth-order valence-corrected chi connectivity index (χ4v) is 4.71. The van der Waals surface area contributed by atoms with Crippen molar-refractivity contribution in [2.24, 2.45) is 5.92 Å². The summed E-state index contributed by atoms with van der Waals surface area (Å²) < 4.78 is 2.32. The van der Waals surface area contributed by atoms with Crippen LogP contribution in [0.1, 0.15) is 62.5 Å². The van der Waals surface area contributed by atoms with E-state index in [9.17, 15) is 0 Å². The van der Waals surface area contributed by atoms with E-state index in [4.69, 9.17) is 4.98 Å². The third kappa shape index (κ3) is 3.02. The molecule has 21 heavy (non-hydrogen) atoms. The van der Waals surface area contributed by atoms with Gasteiger partial charge in [0.15, 0.2) is 4.96 Å². The molecule has 116 valence electrons. The van der Waals surface area contributed by atoms with Crippen molar-refractivity contribution in [3.05, 3.63) is 22.5 Å². The van der Waals surface area contributed by atoms with Crippen LogP contribution in [0.2, 0.25) is 0 Å². The SMILES string of the molecule is CCC(NCc1c(C)nc2scc(C)n12)C1CCCCC1. The maximum atomic E-state index is 4.69. The normalized spacial score (nSPS) is 18.4. The van der Waals surface area contributed by atoms with Crippen LogP contribution in [0, 0.1) is 19.8 Å². The Balaban J connectivity index is 1.72. The molecule has 0 aromatic carbocycles. The topological polar surface area (TPSA) is 29.3 Å². The van der Waals surface area contributed by atoms with E-state index in [0.717, 1.165) is 17.4 Å². The molecule has 0 saturated heterocycles. The lowest BCUT2D eigenvalue weighted by molar-refractivity contribution is 0.261. The summed E-state index contributed by atoms with van der Waals surface area (Å²) in [5.74, 6) is 0.871. The molecule has 2 aromatic heterocycles. The molecular weight excluding hydrogens is 278 g/mol. The summed E-state index contributed by atoms with van der Waals surface area (Å²) in [4.78, 5) is 5.82. The minimum atomic E-state index is 0.661. The van der Waals surface area contributed by atoms with Crippen molar-refractivity contribution in [2.45, 2.75) is 71.9 Å². The van der Waals surface area contributed by atoms with Crippen molar-refractivity contribution in [2.75, 3.05) is 0 Å². The van der Waals surface area contributed by atoms with Crippen LogP contribution < -0.4 is 5.32 Å². The molecule has 1 unspecified atom stereocenters. The number of hydrogen-bond acceptors (Lipinski definition) is 3. The third-order valence-electron chi connectivity index (χ3n) is 5.02. The Labute approximate surface area is 131 Å². The van der Waals surface area contributed by atoms with Crippen LogP contribution in [-0.2, 0) is 6.54 Å². The van der Waals surface area contributed by atoms with Crippen LogP contribution in [-0.4, -0.2) is 15.4 Å². The summed E-state index contributed by atoms with van der Waals surface area (Å²) in [7, 11) is 0. The van der Waals surface area contributed by atoms with Crippen LogP contribution in [0.5, 0.6) is 0 Å². The van der Waals surface area contributed by atoms with Gasteiger partial charge < -0.3 is 5.32 Å². The highest BCUT2D eigenvalue weighted by Gasteiger charge is 2.22. The van der Waals surface area contributed by atoms with Gasteiger partial charge in [-0.2, -0.15) is 0 Å². The fraction of sp³-hybridized carbons (Fsp3) is 0.706. The van der Waals surface area contributed by atoms with E-state index >= 15 is 0 Å². The Morgan fingerprint density at radius 3 is 2.81 bits per heavy atom. The average Bonchev–Trinajstić information content (AvgIpc) is 3.01.